The molecule has 4 aliphatic carbocycles. The van der Waals surface area contributed by atoms with Crippen LogP contribution in [-0.2, 0) is 19.2 Å². The summed E-state index contributed by atoms with van der Waals surface area (Å²) in [6, 6.07) is -1.88. The van der Waals surface area contributed by atoms with Crippen molar-refractivity contribution in [2.45, 2.75) is 110 Å². The first-order chi connectivity index (χ1) is 18.9. The predicted octanol–water partition coefficient (Wildman–Crippen LogP) is 3.56. The van der Waals surface area contributed by atoms with Gasteiger partial charge in [-0.2, -0.15) is 0 Å². The molecule has 4 aliphatic rings. The van der Waals surface area contributed by atoms with E-state index in [2.05, 4.69) is 41.6 Å². The Labute approximate surface area is 237 Å². The molecule has 2 amide bonds. The summed E-state index contributed by atoms with van der Waals surface area (Å²) in [5.41, 5.74) is 1.10. The maximum absolute atomic E-state index is 12.3. The van der Waals surface area contributed by atoms with Gasteiger partial charge in [-0.25, -0.2) is 4.79 Å². The lowest BCUT2D eigenvalue weighted by Gasteiger charge is -2.58. The van der Waals surface area contributed by atoms with Gasteiger partial charge < -0.3 is 25.7 Å². The third-order valence-corrected chi connectivity index (χ3v) is 10.7. The molecule has 40 heavy (non-hydrogen) atoms. The topological polar surface area (TPSA) is 137 Å². The number of carbonyl (C=O) groups excluding carboxylic acids is 2. The van der Waals surface area contributed by atoms with Gasteiger partial charge in [0.2, 0.25) is 5.91 Å². The normalized spacial score (nSPS) is 37.0. The van der Waals surface area contributed by atoms with Crippen molar-refractivity contribution < 1.29 is 29.4 Å². The highest BCUT2D eigenvalue weighted by molar-refractivity contribution is 5.96. The standard InChI is InChI=1S/C31H45N3O6/c1-6-8-25(28(37)38)33-27(36)19(3)32-26(35)18-40-34-21-11-14-29(4)20(17-21)9-10-22-23(29)12-15-30(5)24(22)13-16-31(30,39)7-2/h2,17,19,22-25,39H,6,8-16,18H2,1,3-5H3,(H,32,35)(H,33,36)(H,37,38)/b34-21+/t19-,22+,23-,24-,25-,29-,30-,31+/m0/s1. The van der Waals surface area contributed by atoms with E-state index < -0.39 is 35.5 Å². The number of oxime groups is 1. The average Bonchev–Trinajstić information content (AvgIpc) is 3.19. The van der Waals surface area contributed by atoms with Crippen molar-refractivity contribution in [3.63, 3.8) is 0 Å². The summed E-state index contributed by atoms with van der Waals surface area (Å²) in [6.45, 7) is 7.59. The number of aliphatic carboxylic acids is 1. The quantitative estimate of drug-likeness (QED) is 0.254. The van der Waals surface area contributed by atoms with Gasteiger partial charge in [0, 0.05) is 5.41 Å². The third-order valence-electron chi connectivity index (χ3n) is 10.7. The van der Waals surface area contributed by atoms with Gasteiger partial charge in [0.05, 0.1) is 5.71 Å². The highest BCUT2D eigenvalue weighted by atomic mass is 16.6. The Morgan fingerprint density at radius 1 is 1.15 bits per heavy atom. The third kappa shape index (κ3) is 5.39. The number of nitrogens with one attached hydrogen (secondary N) is 2. The fourth-order valence-corrected chi connectivity index (χ4v) is 8.26. The van der Waals surface area contributed by atoms with Crippen LogP contribution in [0.3, 0.4) is 0 Å². The molecule has 220 valence electrons. The smallest absolute Gasteiger partial charge is 0.326 e. The Morgan fingerprint density at radius 3 is 2.55 bits per heavy atom. The molecule has 0 unspecified atom stereocenters. The van der Waals surface area contributed by atoms with E-state index >= 15 is 0 Å². The summed E-state index contributed by atoms with van der Waals surface area (Å²) in [6.07, 6.45) is 16.4. The maximum atomic E-state index is 12.3. The van der Waals surface area contributed by atoms with Crippen LogP contribution in [0, 0.1) is 40.9 Å². The minimum Gasteiger partial charge on any atom is -0.480 e. The van der Waals surface area contributed by atoms with Crippen molar-refractivity contribution in [3.05, 3.63) is 11.6 Å². The Hall–Kier alpha value is -2.86. The van der Waals surface area contributed by atoms with Gasteiger partial charge in [-0.05, 0) is 94.0 Å². The number of aliphatic hydroxyl groups is 1. The summed E-state index contributed by atoms with van der Waals surface area (Å²) < 4.78 is 0. The second-order valence-electron chi connectivity index (χ2n) is 12.8. The number of hydrogen-bond donors (Lipinski definition) is 4. The lowest BCUT2D eigenvalue weighted by molar-refractivity contribution is -0.142. The largest absolute Gasteiger partial charge is 0.480 e. The van der Waals surface area contributed by atoms with Crippen molar-refractivity contribution in [2.24, 2.45) is 33.7 Å². The maximum Gasteiger partial charge on any atom is 0.326 e. The van der Waals surface area contributed by atoms with Crippen LogP contribution in [0.25, 0.3) is 0 Å². The molecule has 0 radical (unpaired) electrons. The van der Waals surface area contributed by atoms with Gasteiger partial charge in [0.15, 0.2) is 6.61 Å². The van der Waals surface area contributed by atoms with Crippen LogP contribution in [0.15, 0.2) is 16.8 Å². The van der Waals surface area contributed by atoms with Gasteiger partial charge in [0.1, 0.15) is 17.7 Å². The second-order valence-corrected chi connectivity index (χ2v) is 12.8. The molecule has 0 aromatic carbocycles. The fourth-order valence-electron chi connectivity index (χ4n) is 8.26. The molecule has 0 saturated heterocycles. The first kappa shape index (κ1) is 30.1. The molecule has 3 saturated carbocycles. The molecule has 0 aliphatic heterocycles. The lowest BCUT2D eigenvalue weighted by atomic mass is 9.46. The van der Waals surface area contributed by atoms with E-state index in [0.717, 1.165) is 50.7 Å². The highest BCUT2D eigenvalue weighted by Gasteiger charge is 2.63. The molecule has 0 heterocycles. The number of amides is 2. The zero-order valence-electron chi connectivity index (χ0n) is 24.3. The number of terminal acetylenes is 1. The van der Waals surface area contributed by atoms with Gasteiger partial charge in [-0.15, -0.1) is 6.42 Å². The van der Waals surface area contributed by atoms with E-state index in [1.807, 2.05) is 6.92 Å². The van der Waals surface area contributed by atoms with Crippen LogP contribution >= 0.6 is 0 Å². The SMILES string of the molecule is C#C[C@@]1(O)CC[C@H]2[C@@H]3CCC4=C/C(=N/OCC(=O)N[C@@H](C)C(=O)N[C@@H](CCC)C(=O)O)CC[C@]4(C)[C@H]3CC[C@@]21C. The van der Waals surface area contributed by atoms with E-state index in [-0.39, 0.29) is 17.4 Å². The zero-order chi connectivity index (χ0) is 29.3. The van der Waals surface area contributed by atoms with Crippen molar-refractivity contribution in [1.29, 1.82) is 0 Å². The molecular weight excluding hydrogens is 510 g/mol. The van der Waals surface area contributed by atoms with E-state index in [0.29, 0.717) is 37.0 Å². The predicted molar refractivity (Wildman–Crippen MR) is 151 cm³/mol. The van der Waals surface area contributed by atoms with Crippen LogP contribution in [-0.4, -0.2) is 58.0 Å². The lowest BCUT2D eigenvalue weighted by Crippen LogP contribution is -2.54. The molecule has 8 atom stereocenters. The van der Waals surface area contributed by atoms with Crippen LogP contribution in [0.4, 0.5) is 0 Å². The number of fused-ring (bicyclic) bond motifs is 5. The number of carboxylic acids is 1. The number of carboxylic acid groups (broad SMARTS) is 1. The molecule has 9 heteroatoms. The average molecular weight is 556 g/mol. The second kappa shape index (κ2) is 11.6. The molecular formula is C31H45N3O6. The van der Waals surface area contributed by atoms with Crippen LogP contribution < -0.4 is 10.6 Å². The molecule has 4 rings (SSSR count). The van der Waals surface area contributed by atoms with E-state index in [1.165, 1.54) is 12.5 Å². The van der Waals surface area contributed by atoms with Crippen molar-refractivity contribution in [3.8, 4) is 12.3 Å². The summed E-state index contributed by atoms with van der Waals surface area (Å²) in [7, 11) is 0. The van der Waals surface area contributed by atoms with E-state index in [1.54, 1.807) is 0 Å². The first-order valence-electron chi connectivity index (χ1n) is 14.8. The summed E-state index contributed by atoms with van der Waals surface area (Å²) >= 11 is 0. The minimum atomic E-state index is -1.10. The number of hydrogen-bond acceptors (Lipinski definition) is 6. The van der Waals surface area contributed by atoms with Crippen LogP contribution in [0.5, 0.6) is 0 Å². The molecule has 4 N–H and O–H groups in total. The van der Waals surface area contributed by atoms with E-state index in [9.17, 15) is 24.6 Å². The fraction of sp³-hybridized carbons (Fsp3) is 0.742. The molecule has 3 fully saturated rings. The minimum absolute atomic E-state index is 0.0892. The zero-order valence-corrected chi connectivity index (χ0v) is 24.3. The molecule has 0 bridgehead atoms. The number of allylic oxidation sites excluding steroid dienone is 2. The van der Waals surface area contributed by atoms with Crippen LogP contribution in [0.2, 0.25) is 0 Å². The van der Waals surface area contributed by atoms with Gasteiger partial charge in [-0.1, -0.05) is 43.8 Å². The number of rotatable bonds is 9. The number of carbonyl (C=O) groups is 3. The van der Waals surface area contributed by atoms with Crippen molar-refractivity contribution in [2.75, 3.05) is 6.61 Å². The molecule has 9 nitrogen and oxygen atoms in total. The molecule has 0 aromatic rings. The van der Waals surface area contributed by atoms with Gasteiger partial charge in [0.25, 0.3) is 5.91 Å². The Balaban J connectivity index is 1.32. The summed E-state index contributed by atoms with van der Waals surface area (Å²) in [5.74, 6) is 2.16. The Bertz CT molecular complexity index is 1130. The number of nitrogens with zero attached hydrogens (tertiary/aromatic N) is 1. The van der Waals surface area contributed by atoms with Crippen LogP contribution in [0.1, 0.15) is 91.9 Å². The van der Waals surface area contributed by atoms with Crippen molar-refractivity contribution in [1.82, 2.24) is 10.6 Å². The summed E-state index contributed by atoms with van der Waals surface area (Å²) in [4.78, 5) is 41.2. The Kier molecular flexibility index (Phi) is 8.70. The molecule has 0 spiro atoms. The van der Waals surface area contributed by atoms with Gasteiger partial charge in [-0.3, -0.25) is 9.59 Å². The highest BCUT2D eigenvalue weighted by Crippen LogP contribution is 2.67. The monoisotopic (exact) mass is 555 g/mol. The van der Waals surface area contributed by atoms with Gasteiger partial charge >= 0.3 is 5.97 Å². The van der Waals surface area contributed by atoms with Crippen molar-refractivity contribution >= 4 is 23.5 Å². The summed E-state index contributed by atoms with van der Waals surface area (Å²) in [5, 5.41) is 29.6. The molecule has 0 aromatic heterocycles. The first-order valence-corrected chi connectivity index (χ1v) is 14.8. The Morgan fingerprint density at radius 2 is 1.88 bits per heavy atom. The van der Waals surface area contributed by atoms with E-state index in [4.69, 9.17) is 11.3 Å².